The van der Waals surface area contributed by atoms with E-state index in [1.165, 1.54) is 6.20 Å². The summed E-state index contributed by atoms with van der Waals surface area (Å²) in [4.78, 5) is 0. The van der Waals surface area contributed by atoms with E-state index < -0.39 is 0 Å². The minimum atomic E-state index is 0.648. The summed E-state index contributed by atoms with van der Waals surface area (Å²) in [5, 5.41) is 8.43. The molecule has 0 spiro atoms. The van der Waals surface area contributed by atoms with Crippen molar-refractivity contribution in [3.05, 3.63) is 37.6 Å². The minimum absolute atomic E-state index is 0.648. The fraction of sp³-hybridized carbons (Fsp3) is 0.143. The van der Waals surface area contributed by atoms with Crippen LogP contribution >= 0.6 is 0 Å². The molecule has 0 heterocycles. The van der Waals surface area contributed by atoms with Crippen molar-refractivity contribution in [2.24, 2.45) is 0 Å². The van der Waals surface area contributed by atoms with Gasteiger partial charge in [-0.2, -0.15) is 0 Å². The molecule has 0 fully saturated rings. The molecule has 0 aliphatic heterocycles. The largest absolute Gasteiger partial charge is 0.375 e. The molecule has 0 amide bonds. The summed E-state index contributed by atoms with van der Waals surface area (Å²) in [6.45, 7) is 10.7. The summed E-state index contributed by atoms with van der Waals surface area (Å²) >= 11 is 0. The number of hydrogen-bond acceptors (Lipinski definition) is 3. The van der Waals surface area contributed by atoms with Crippen molar-refractivity contribution >= 4 is 0 Å². The second kappa shape index (κ2) is 4.49. The first-order chi connectivity index (χ1) is 4.70. The Labute approximate surface area is 61.5 Å². The van der Waals surface area contributed by atoms with Gasteiger partial charge in [-0.05, 0) is 6.20 Å². The SMILES string of the molecule is C=CNC(=C)NC(=C)NC. The molecule has 0 saturated heterocycles. The van der Waals surface area contributed by atoms with Gasteiger partial charge >= 0.3 is 0 Å². The van der Waals surface area contributed by atoms with Gasteiger partial charge in [0, 0.05) is 7.05 Å². The molecule has 0 aliphatic carbocycles. The maximum absolute atomic E-state index is 3.64. The number of rotatable bonds is 5. The molecule has 3 heteroatoms. The van der Waals surface area contributed by atoms with Crippen LogP contribution in [0.4, 0.5) is 0 Å². The van der Waals surface area contributed by atoms with E-state index in [1.807, 2.05) is 0 Å². The molecule has 0 aliphatic rings. The van der Waals surface area contributed by atoms with E-state index in [4.69, 9.17) is 0 Å². The van der Waals surface area contributed by atoms with Crippen LogP contribution in [0, 0.1) is 0 Å². The lowest BCUT2D eigenvalue weighted by Crippen LogP contribution is -2.26. The fourth-order valence-corrected chi connectivity index (χ4v) is 0.404. The van der Waals surface area contributed by atoms with E-state index in [-0.39, 0.29) is 0 Å². The zero-order chi connectivity index (χ0) is 7.98. The molecule has 0 aromatic heterocycles. The lowest BCUT2D eigenvalue weighted by atomic mass is 10.6. The van der Waals surface area contributed by atoms with Crippen LogP contribution in [0.25, 0.3) is 0 Å². The summed E-state index contributed by atoms with van der Waals surface area (Å²) in [5.74, 6) is 1.34. The fourth-order valence-electron chi connectivity index (χ4n) is 0.404. The zero-order valence-corrected chi connectivity index (χ0v) is 6.20. The Balaban J connectivity index is 3.57. The average molecular weight is 139 g/mol. The monoisotopic (exact) mass is 139 g/mol. The summed E-state index contributed by atoms with van der Waals surface area (Å²) in [6, 6.07) is 0. The van der Waals surface area contributed by atoms with Crippen molar-refractivity contribution in [1.82, 2.24) is 16.0 Å². The van der Waals surface area contributed by atoms with Crippen molar-refractivity contribution in [2.45, 2.75) is 0 Å². The van der Waals surface area contributed by atoms with E-state index in [9.17, 15) is 0 Å². The summed E-state index contributed by atoms with van der Waals surface area (Å²) < 4.78 is 0. The summed E-state index contributed by atoms with van der Waals surface area (Å²) in [6.07, 6.45) is 1.54. The maximum Gasteiger partial charge on any atom is 0.101 e. The molecular weight excluding hydrogens is 126 g/mol. The Bertz CT molecular complexity index is 149. The smallest absolute Gasteiger partial charge is 0.101 e. The van der Waals surface area contributed by atoms with Gasteiger partial charge in [-0.15, -0.1) is 0 Å². The summed E-state index contributed by atoms with van der Waals surface area (Å²) in [5.41, 5.74) is 0. The highest BCUT2D eigenvalue weighted by molar-refractivity contribution is 5.02. The van der Waals surface area contributed by atoms with Crippen LogP contribution in [-0.4, -0.2) is 7.05 Å². The molecule has 10 heavy (non-hydrogen) atoms. The van der Waals surface area contributed by atoms with Gasteiger partial charge in [0.1, 0.15) is 5.82 Å². The van der Waals surface area contributed by atoms with Crippen LogP contribution in [-0.2, 0) is 0 Å². The topological polar surface area (TPSA) is 36.1 Å². The average Bonchev–Trinajstić information content (AvgIpc) is 1.88. The normalized spacial score (nSPS) is 7.70. The maximum atomic E-state index is 3.64. The molecule has 0 rings (SSSR count). The van der Waals surface area contributed by atoms with Crippen molar-refractivity contribution in [3.8, 4) is 0 Å². The lowest BCUT2D eigenvalue weighted by molar-refractivity contribution is 0.795. The summed E-state index contributed by atoms with van der Waals surface area (Å²) in [7, 11) is 1.77. The highest BCUT2D eigenvalue weighted by Gasteiger charge is 1.88. The second-order valence-electron chi connectivity index (χ2n) is 1.68. The minimum Gasteiger partial charge on any atom is -0.375 e. The Hall–Kier alpha value is -1.38. The van der Waals surface area contributed by atoms with Crippen LogP contribution in [0.2, 0.25) is 0 Å². The molecule has 0 aromatic carbocycles. The first-order valence-corrected chi connectivity index (χ1v) is 2.90. The van der Waals surface area contributed by atoms with E-state index in [0.717, 1.165) is 0 Å². The van der Waals surface area contributed by atoms with Crippen LogP contribution in [0.1, 0.15) is 0 Å². The standard InChI is InChI=1S/C7H13N3/c1-5-9-7(3)10-6(2)8-4/h5,8-10H,1-3H2,4H3. The van der Waals surface area contributed by atoms with Gasteiger partial charge < -0.3 is 16.0 Å². The van der Waals surface area contributed by atoms with Gasteiger partial charge in [0.05, 0.1) is 5.82 Å². The lowest BCUT2D eigenvalue weighted by Gasteiger charge is -2.09. The molecule has 0 atom stereocenters. The highest BCUT2D eigenvalue weighted by Crippen LogP contribution is 1.80. The molecule has 0 unspecified atom stereocenters. The van der Waals surface area contributed by atoms with Crippen molar-refractivity contribution in [3.63, 3.8) is 0 Å². The Morgan fingerprint density at radius 3 is 2.30 bits per heavy atom. The molecule has 0 bridgehead atoms. The number of nitrogens with one attached hydrogen (secondary N) is 3. The third-order valence-electron chi connectivity index (χ3n) is 0.880. The van der Waals surface area contributed by atoms with Crippen LogP contribution in [0.3, 0.4) is 0 Å². The van der Waals surface area contributed by atoms with Crippen molar-refractivity contribution in [2.75, 3.05) is 7.05 Å². The zero-order valence-electron chi connectivity index (χ0n) is 6.20. The van der Waals surface area contributed by atoms with Crippen molar-refractivity contribution in [1.29, 1.82) is 0 Å². The van der Waals surface area contributed by atoms with E-state index >= 15 is 0 Å². The third kappa shape index (κ3) is 3.60. The van der Waals surface area contributed by atoms with E-state index in [1.54, 1.807) is 7.05 Å². The Kier molecular flexibility index (Phi) is 3.87. The molecule has 0 saturated carbocycles. The molecular formula is C7H13N3. The highest BCUT2D eigenvalue weighted by atomic mass is 15.2. The molecule has 56 valence electrons. The predicted octanol–water partition coefficient (Wildman–Crippen LogP) is 0.471. The van der Waals surface area contributed by atoms with Crippen LogP contribution in [0.5, 0.6) is 0 Å². The molecule has 3 N–H and O–H groups in total. The van der Waals surface area contributed by atoms with Gasteiger partial charge in [-0.25, -0.2) is 0 Å². The second-order valence-corrected chi connectivity index (χ2v) is 1.68. The molecule has 3 nitrogen and oxygen atoms in total. The van der Waals surface area contributed by atoms with Gasteiger partial charge in [0.2, 0.25) is 0 Å². The number of hydrogen-bond donors (Lipinski definition) is 3. The van der Waals surface area contributed by atoms with Gasteiger partial charge in [0.25, 0.3) is 0 Å². The third-order valence-corrected chi connectivity index (χ3v) is 0.880. The van der Waals surface area contributed by atoms with Crippen LogP contribution in [0.15, 0.2) is 37.6 Å². The molecule has 0 radical (unpaired) electrons. The Morgan fingerprint density at radius 2 is 1.90 bits per heavy atom. The molecule has 0 aromatic rings. The van der Waals surface area contributed by atoms with Gasteiger partial charge in [-0.3, -0.25) is 0 Å². The predicted molar refractivity (Wildman–Crippen MR) is 43.8 cm³/mol. The Morgan fingerprint density at radius 1 is 1.30 bits per heavy atom. The first kappa shape index (κ1) is 8.62. The first-order valence-electron chi connectivity index (χ1n) is 2.90. The van der Waals surface area contributed by atoms with E-state index in [0.29, 0.717) is 11.6 Å². The van der Waals surface area contributed by atoms with Gasteiger partial charge in [0.15, 0.2) is 0 Å². The quantitative estimate of drug-likeness (QED) is 0.518. The van der Waals surface area contributed by atoms with Crippen molar-refractivity contribution < 1.29 is 0 Å². The van der Waals surface area contributed by atoms with Crippen LogP contribution < -0.4 is 16.0 Å². The van der Waals surface area contributed by atoms with Gasteiger partial charge in [-0.1, -0.05) is 19.7 Å². The van der Waals surface area contributed by atoms with E-state index in [2.05, 4.69) is 35.7 Å².